The Balaban J connectivity index is 2.17. The van der Waals surface area contributed by atoms with Crippen molar-refractivity contribution >= 4 is 23.2 Å². The number of ether oxygens (including phenoxy) is 1. The van der Waals surface area contributed by atoms with E-state index < -0.39 is 29.7 Å². The molecular weight excluding hydrogens is 343 g/mol. The Kier molecular flexibility index (Phi) is 5.61. The molecule has 4 nitrogen and oxygen atoms in total. The number of amides is 1. The highest BCUT2D eigenvalue weighted by atomic mass is 32.1. The summed E-state index contributed by atoms with van der Waals surface area (Å²) in [7, 11) is 1.18. The van der Waals surface area contributed by atoms with Crippen LogP contribution in [0.25, 0.3) is 0 Å². The summed E-state index contributed by atoms with van der Waals surface area (Å²) in [5.41, 5.74) is -1.10. The van der Waals surface area contributed by atoms with Crippen molar-refractivity contribution < 1.29 is 27.5 Å². The first-order valence-electron chi connectivity index (χ1n) is 6.89. The van der Waals surface area contributed by atoms with Gasteiger partial charge in [0.15, 0.2) is 0 Å². The largest absolute Gasteiger partial charge is 0.467 e. The molecule has 128 valence electrons. The zero-order chi connectivity index (χ0) is 17.7. The number of alkyl halides is 3. The fourth-order valence-corrected chi connectivity index (χ4v) is 2.80. The van der Waals surface area contributed by atoms with Gasteiger partial charge in [-0.3, -0.25) is 4.79 Å². The van der Waals surface area contributed by atoms with Gasteiger partial charge in [0.05, 0.1) is 12.7 Å². The van der Waals surface area contributed by atoms with E-state index in [0.717, 1.165) is 23.1 Å². The smallest absolute Gasteiger partial charge is 0.416 e. The Hall–Kier alpha value is -2.35. The van der Waals surface area contributed by atoms with Crippen LogP contribution in [0.5, 0.6) is 0 Å². The van der Waals surface area contributed by atoms with E-state index in [0.29, 0.717) is 0 Å². The highest BCUT2D eigenvalue weighted by Crippen LogP contribution is 2.29. The van der Waals surface area contributed by atoms with Gasteiger partial charge in [-0.1, -0.05) is 12.1 Å². The highest BCUT2D eigenvalue weighted by molar-refractivity contribution is 7.09. The standard InChI is InChI=1S/C16H14F3NO3S/c1-23-15(22)13(9-12-6-3-7-24-12)20-14(21)10-4-2-5-11(8-10)16(17,18)19/h2-8,13H,9H2,1H3,(H,20,21)/t13-/m0/s1. The summed E-state index contributed by atoms with van der Waals surface area (Å²) in [5.74, 6) is -1.43. The Bertz CT molecular complexity index is 714. The van der Waals surface area contributed by atoms with Crippen LogP contribution in [0, 0.1) is 0 Å². The van der Waals surface area contributed by atoms with Crippen molar-refractivity contribution in [3.8, 4) is 0 Å². The molecule has 1 N–H and O–H groups in total. The first kappa shape index (κ1) is 18.0. The number of rotatable bonds is 5. The van der Waals surface area contributed by atoms with Gasteiger partial charge in [0.25, 0.3) is 5.91 Å². The Labute approximate surface area is 140 Å². The monoisotopic (exact) mass is 357 g/mol. The van der Waals surface area contributed by atoms with Crippen molar-refractivity contribution in [1.82, 2.24) is 5.32 Å². The summed E-state index contributed by atoms with van der Waals surface area (Å²) in [6.07, 6.45) is -4.34. The minimum Gasteiger partial charge on any atom is -0.467 e. The van der Waals surface area contributed by atoms with Crippen molar-refractivity contribution in [3.05, 3.63) is 57.8 Å². The molecule has 1 aromatic heterocycles. The van der Waals surface area contributed by atoms with Gasteiger partial charge in [-0.15, -0.1) is 11.3 Å². The molecule has 1 amide bonds. The first-order chi connectivity index (χ1) is 11.3. The number of thiophene rings is 1. The zero-order valence-electron chi connectivity index (χ0n) is 12.6. The van der Waals surface area contributed by atoms with Gasteiger partial charge < -0.3 is 10.1 Å². The van der Waals surface area contributed by atoms with Gasteiger partial charge in [-0.25, -0.2) is 4.79 Å². The summed E-state index contributed by atoms with van der Waals surface area (Å²) in [6, 6.07) is 6.62. The molecule has 24 heavy (non-hydrogen) atoms. The summed E-state index contributed by atoms with van der Waals surface area (Å²) in [6.45, 7) is 0. The maximum absolute atomic E-state index is 12.7. The summed E-state index contributed by atoms with van der Waals surface area (Å²) in [4.78, 5) is 24.9. The quantitative estimate of drug-likeness (QED) is 0.836. The van der Waals surface area contributed by atoms with Gasteiger partial charge in [0.2, 0.25) is 0 Å². The average Bonchev–Trinajstić information content (AvgIpc) is 3.05. The van der Waals surface area contributed by atoms with Crippen LogP contribution in [-0.4, -0.2) is 25.0 Å². The van der Waals surface area contributed by atoms with E-state index in [9.17, 15) is 22.8 Å². The van der Waals surface area contributed by atoms with Crippen molar-refractivity contribution in [2.45, 2.75) is 18.6 Å². The lowest BCUT2D eigenvalue weighted by Gasteiger charge is -2.16. The van der Waals surface area contributed by atoms with E-state index in [-0.39, 0.29) is 12.0 Å². The number of methoxy groups -OCH3 is 1. The van der Waals surface area contributed by atoms with Crippen LogP contribution >= 0.6 is 11.3 Å². The molecule has 2 aromatic rings. The molecule has 0 spiro atoms. The number of hydrogen-bond donors (Lipinski definition) is 1. The molecule has 2 rings (SSSR count). The topological polar surface area (TPSA) is 55.4 Å². The fraction of sp³-hybridized carbons (Fsp3) is 0.250. The molecule has 8 heteroatoms. The Morgan fingerprint density at radius 3 is 2.58 bits per heavy atom. The Morgan fingerprint density at radius 2 is 2.00 bits per heavy atom. The third-order valence-corrected chi connectivity index (χ3v) is 4.13. The second-order valence-electron chi connectivity index (χ2n) is 4.91. The molecule has 0 aliphatic rings. The van der Waals surface area contributed by atoms with Crippen LogP contribution < -0.4 is 5.32 Å². The number of carbonyl (C=O) groups excluding carboxylic acids is 2. The van der Waals surface area contributed by atoms with Crippen molar-refractivity contribution in [2.24, 2.45) is 0 Å². The lowest BCUT2D eigenvalue weighted by Crippen LogP contribution is -2.43. The predicted molar refractivity (Wildman–Crippen MR) is 82.7 cm³/mol. The van der Waals surface area contributed by atoms with Crippen LogP contribution in [0.4, 0.5) is 13.2 Å². The van der Waals surface area contributed by atoms with Gasteiger partial charge in [0.1, 0.15) is 6.04 Å². The SMILES string of the molecule is COC(=O)[C@H](Cc1cccs1)NC(=O)c1cccc(C(F)(F)F)c1. The number of halogens is 3. The second-order valence-corrected chi connectivity index (χ2v) is 5.94. The number of hydrogen-bond acceptors (Lipinski definition) is 4. The highest BCUT2D eigenvalue weighted by Gasteiger charge is 2.31. The van der Waals surface area contributed by atoms with Crippen molar-refractivity contribution in [1.29, 1.82) is 0 Å². The fourth-order valence-electron chi connectivity index (χ4n) is 2.04. The molecule has 1 atom stereocenters. The molecule has 0 aliphatic heterocycles. The molecule has 1 aromatic carbocycles. The lowest BCUT2D eigenvalue weighted by atomic mass is 10.1. The summed E-state index contributed by atoms with van der Waals surface area (Å²) < 4.78 is 42.8. The van der Waals surface area contributed by atoms with E-state index in [1.165, 1.54) is 24.5 Å². The zero-order valence-corrected chi connectivity index (χ0v) is 13.4. The summed E-state index contributed by atoms with van der Waals surface area (Å²) in [5, 5.41) is 4.24. The van der Waals surface area contributed by atoms with Crippen LogP contribution in [0.15, 0.2) is 41.8 Å². The molecule has 1 heterocycles. The molecular formula is C16H14F3NO3S. The first-order valence-corrected chi connectivity index (χ1v) is 7.77. The van der Waals surface area contributed by atoms with E-state index in [1.807, 2.05) is 5.38 Å². The average molecular weight is 357 g/mol. The van der Waals surface area contributed by atoms with E-state index in [1.54, 1.807) is 12.1 Å². The predicted octanol–water partition coefficient (Wildman–Crippen LogP) is 3.28. The van der Waals surface area contributed by atoms with E-state index in [2.05, 4.69) is 10.1 Å². The third kappa shape index (κ3) is 4.58. The third-order valence-electron chi connectivity index (χ3n) is 3.23. The van der Waals surface area contributed by atoms with Crippen LogP contribution in [0.1, 0.15) is 20.8 Å². The summed E-state index contributed by atoms with van der Waals surface area (Å²) >= 11 is 1.40. The van der Waals surface area contributed by atoms with Crippen molar-refractivity contribution in [2.75, 3.05) is 7.11 Å². The molecule has 0 saturated carbocycles. The molecule has 0 unspecified atom stereocenters. The van der Waals surface area contributed by atoms with E-state index in [4.69, 9.17) is 0 Å². The second kappa shape index (κ2) is 7.48. The maximum Gasteiger partial charge on any atom is 0.416 e. The van der Waals surface area contributed by atoms with Crippen LogP contribution in [-0.2, 0) is 22.1 Å². The van der Waals surface area contributed by atoms with Gasteiger partial charge in [-0.2, -0.15) is 13.2 Å². The lowest BCUT2D eigenvalue weighted by molar-refractivity contribution is -0.143. The number of nitrogens with one attached hydrogen (secondary N) is 1. The van der Waals surface area contributed by atoms with Gasteiger partial charge in [0, 0.05) is 16.9 Å². The van der Waals surface area contributed by atoms with Crippen LogP contribution in [0.2, 0.25) is 0 Å². The number of carbonyl (C=O) groups is 2. The molecule has 0 saturated heterocycles. The number of esters is 1. The normalized spacial score (nSPS) is 12.5. The maximum atomic E-state index is 12.7. The number of benzene rings is 1. The molecule has 0 aliphatic carbocycles. The minimum absolute atomic E-state index is 0.176. The molecule has 0 bridgehead atoms. The molecule has 0 fully saturated rings. The van der Waals surface area contributed by atoms with E-state index >= 15 is 0 Å². The Morgan fingerprint density at radius 1 is 1.25 bits per heavy atom. The van der Waals surface area contributed by atoms with Gasteiger partial charge >= 0.3 is 12.1 Å². The van der Waals surface area contributed by atoms with Crippen molar-refractivity contribution in [3.63, 3.8) is 0 Å². The van der Waals surface area contributed by atoms with Gasteiger partial charge in [-0.05, 0) is 29.6 Å². The molecule has 0 radical (unpaired) electrons. The van der Waals surface area contributed by atoms with Crippen LogP contribution in [0.3, 0.4) is 0 Å². The minimum atomic E-state index is -4.55.